The van der Waals surface area contributed by atoms with Crippen LogP contribution in [0.15, 0.2) is 0 Å². The Balaban J connectivity index is 2.12. The topological polar surface area (TPSA) is 75.3 Å². The number of aliphatic hydroxyl groups is 1. The summed E-state index contributed by atoms with van der Waals surface area (Å²) in [6.07, 6.45) is 3.55. The molecule has 5 heteroatoms. The third kappa shape index (κ3) is 3.15. The van der Waals surface area contributed by atoms with Crippen molar-refractivity contribution < 1.29 is 5.11 Å². The van der Waals surface area contributed by atoms with Crippen molar-refractivity contribution in [2.45, 2.75) is 45.6 Å². The fourth-order valence-corrected chi connectivity index (χ4v) is 2.60. The van der Waals surface area contributed by atoms with Gasteiger partial charge in [-0.1, -0.05) is 6.92 Å². The summed E-state index contributed by atoms with van der Waals surface area (Å²) in [6.45, 7) is 4.99. The van der Waals surface area contributed by atoms with Crippen molar-refractivity contribution in [3.8, 4) is 0 Å². The molecule has 19 heavy (non-hydrogen) atoms. The molecule has 106 valence electrons. The molecule has 1 aliphatic rings. The van der Waals surface area contributed by atoms with E-state index >= 15 is 0 Å². The van der Waals surface area contributed by atoms with Crippen LogP contribution >= 0.6 is 0 Å². The first kappa shape index (κ1) is 14.1. The predicted molar refractivity (Wildman–Crippen MR) is 77.2 cm³/mol. The molecule has 0 amide bonds. The zero-order valence-corrected chi connectivity index (χ0v) is 12.1. The van der Waals surface area contributed by atoms with Crippen LogP contribution in [0.1, 0.15) is 37.6 Å². The summed E-state index contributed by atoms with van der Waals surface area (Å²) < 4.78 is 0. The van der Waals surface area contributed by atoms with Crippen LogP contribution < -0.4 is 10.6 Å². The zero-order chi connectivity index (χ0) is 14.0. The van der Waals surface area contributed by atoms with Crippen molar-refractivity contribution in [3.05, 3.63) is 11.4 Å². The maximum atomic E-state index is 9.35. The molecule has 1 aromatic rings. The minimum atomic E-state index is -0.106. The molecular weight excluding hydrogens is 240 g/mol. The Morgan fingerprint density at radius 3 is 2.63 bits per heavy atom. The van der Waals surface area contributed by atoms with Gasteiger partial charge in [-0.3, -0.25) is 0 Å². The van der Waals surface area contributed by atoms with Gasteiger partial charge in [0.25, 0.3) is 0 Å². The molecule has 1 aliphatic carbocycles. The van der Waals surface area contributed by atoms with Crippen LogP contribution in [-0.4, -0.2) is 34.8 Å². The van der Waals surface area contributed by atoms with Gasteiger partial charge in [-0.15, -0.1) is 0 Å². The van der Waals surface area contributed by atoms with Gasteiger partial charge in [0, 0.05) is 25.6 Å². The van der Waals surface area contributed by atoms with Gasteiger partial charge in [-0.05, 0) is 32.1 Å². The second-order valence-electron chi connectivity index (χ2n) is 5.60. The number of hydrogen-bond acceptors (Lipinski definition) is 5. The lowest BCUT2D eigenvalue weighted by Crippen LogP contribution is -2.37. The number of nitrogens with zero attached hydrogens (tertiary/aromatic N) is 3. The van der Waals surface area contributed by atoms with Crippen molar-refractivity contribution in [1.82, 2.24) is 9.97 Å². The number of aryl methyl sites for hydroxylation is 1. The summed E-state index contributed by atoms with van der Waals surface area (Å²) in [6, 6.07) is 0. The summed E-state index contributed by atoms with van der Waals surface area (Å²) in [4.78, 5) is 11.1. The first-order valence-electron chi connectivity index (χ1n) is 7.03. The van der Waals surface area contributed by atoms with E-state index in [1.165, 1.54) is 0 Å². The van der Waals surface area contributed by atoms with E-state index in [0.29, 0.717) is 11.7 Å². The Labute approximate surface area is 114 Å². The quantitative estimate of drug-likeness (QED) is 0.843. The molecular formula is C14H24N4O. The van der Waals surface area contributed by atoms with Crippen LogP contribution in [0.25, 0.3) is 0 Å². The highest BCUT2D eigenvalue weighted by molar-refractivity contribution is 5.56. The second-order valence-corrected chi connectivity index (χ2v) is 5.60. The average molecular weight is 264 g/mol. The van der Waals surface area contributed by atoms with Crippen molar-refractivity contribution in [1.29, 1.82) is 0 Å². The molecule has 0 bridgehead atoms. The van der Waals surface area contributed by atoms with Gasteiger partial charge in [-0.25, -0.2) is 9.97 Å². The van der Waals surface area contributed by atoms with Gasteiger partial charge in [0.15, 0.2) is 0 Å². The van der Waals surface area contributed by atoms with E-state index in [-0.39, 0.29) is 6.10 Å². The standard InChI is InChI=1S/C14H24N4O/c1-4-5-12-16-13(15)9(2)14(17-12)18(3)8-10-6-11(19)7-10/h10-11,19H,4-8H2,1-3H3,(H2,15,16,17). The lowest BCUT2D eigenvalue weighted by atomic mass is 9.82. The molecule has 0 saturated heterocycles. The van der Waals surface area contributed by atoms with Crippen molar-refractivity contribution in [3.63, 3.8) is 0 Å². The predicted octanol–water partition coefficient (Wildman–Crippen LogP) is 1.53. The molecule has 1 saturated carbocycles. The lowest BCUT2D eigenvalue weighted by molar-refractivity contribution is 0.0464. The molecule has 1 heterocycles. The van der Waals surface area contributed by atoms with Crippen molar-refractivity contribution in [2.24, 2.45) is 5.92 Å². The highest BCUT2D eigenvalue weighted by Gasteiger charge is 2.28. The summed E-state index contributed by atoms with van der Waals surface area (Å²) in [7, 11) is 2.04. The molecule has 0 aromatic carbocycles. The van der Waals surface area contributed by atoms with E-state index in [9.17, 15) is 5.11 Å². The van der Waals surface area contributed by atoms with E-state index in [1.807, 2.05) is 14.0 Å². The maximum absolute atomic E-state index is 9.35. The second kappa shape index (κ2) is 5.74. The normalized spacial score (nSPS) is 22.1. The van der Waals surface area contributed by atoms with E-state index < -0.39 is 0 Å². The molecule has 2 rings (SSSR count). The lowest BCUT2D eigenvalue weighted by Gasteiger charge is -2.35. The largest absolute Gasteiger partial charge is 0.393 e. The van der Waals surface area contributed by atoms with Crippen molar-refractivity contribution >= 4 is 11.6 Å². The van der Waals surface area contributed by atoms with Gasteiger partial charge in [0.05, 0.1) is 6.10 Å². The smallest absolute Gasteiger partial charge is 0.137 e. The third-order valence-corrected chi connectivity index (χ3v) is 3.78. The molecule has 0 spiro atoms. The number of rotatable bonds is 5. The first-order chi connectivity index (χ1) is 9.01. The maximum Gasteiger partial charge on any atom is 0.137 e. The summed E-state index contributed by atoms with van der Waals surface area (Å²) >= 11 is 0. The molecule has 5 nitrogen and oxygen atoms in total. The van der Waals surface area contributed by atoms with Crippen LogP contribution in [0.2, 0.25) is 0 Å². The number of nitrogens with two attached hydrogens (primary N) is 1. The highest BCUT2D eigenvalue weighted by Crippen LogP contribution is 2.30. The van der Waals surface area contributed by atoms with Gasteiger partial charge in [0.1, 0.15) is 17.5 Å². The molecule has 0 radical (unpaired) electrons. The average Bonchev–Trinajstić information content (AvgIpc) is 2.31. The minimum Gasteiger partial charge on any atom is -0.393 e. The third-order valence-electron chi connectivity index (χ3n) is 3.78. The molecule has 1 fully saturated rings. The van der Waals surface area contributed by atoms with Crippen molar-refractivity contribution in [2.75, 3.05) is 24.2 Å². The van der Waals surface area contributed by atoms with Crippen LogP contribution in [0.5, 0.6) is 0 Å². The summed E-state index contributed by atoms with van der Waals surface area (Å²) in [5, 5.41) is 9.35. The molecule has 0 aliphatic heterocycles. The summed E-state index contributed by atoms with van der Waals surface area (Å²) in [5.74, 6) is 2.89. The number of aromatic nitrogens is 2. The van der Waals surface area contributed by atoms with E-state index in [4.69, 9.17) is 5.73 Å². The number of hydrogen-bond donors (Lipinski definition) is 2. The van der Waals surface area contributed by atoms with Gasteiger partial charge in [0.2, 0.25) is 0 Å². The molecule has 0 atom stereocenters. The number of anilines is 2. The van der Waals surface area contributed by atoms with E-state index in [2.05, 4.69) is 21.8 Å². The van der Waals surface area contributed by atoms with Crippen LogP contribution in [0, 0.1) is 12.8 Å². The van der Waals surface area contributed by atoms with Gasteiger partial charge in [-0.2, -0.15) is 0 Å². The van der Waals surface area contributed by atoms with Crippen LogP contribution in [-0.2, 0) is 6.42 Å². The fraction of sp³-hybridized carbons (Fsp3) is 0.714. The Morgan fingerprint density at radius 1 is 1.37 bits per heavy atom. The molecule has 1 aromatic heterocycles. The van der Waals surface area contributed by atoms with E-state index in [1.54, 1.807) is 0 Å². The highest BCUT2D eigenvalue weighted by atomic mass is 16.3. The number of aliphatic hydroxyl groups excluding tert-OH is 1. The van der Waals surface area contributed by atoms with Crippen LogP contribution in [0.3, 0.4) is 0 Å². The van der Waals surface area contributed by atoms with E-state index in [0.717, 1.165) is 49.4 Å². The monoisotopic (exact) mass is 264 g/mol. The van der Waals surface area contributed by atoms with Gasteiger partial charge >= 0.3 is 0 Å². The zero-order valence-electron chi connectivity index (χ0n) is 12.1. The van der Waals surface area contributed by atoms with Gasteiger partial charge < -0.3 is 15.7 Å². The van der Waals surface area contributed by atoms with Crippen LogP contribution in [0.4, 0.5) is 11.6 Å². The SMILES string of the molecule is CCCc1nc(N)c(C)c(N(C)CC2CC(O)C2)n1. The summed E-state index contributed by atoms with van der Waals surface area (Å²) in [5.41, 5.74) is 6.92. The minimum absolute atomic E-state index is 0.106. The molecule has 3 N–H and O–H groups in total. The first-order valence-corrected chi connectivity index (χ1v) is 7.03. The Hall–Kier alpha value is -1.36. The molecule has 0 unspecified atom stereocenters. The Bertz CT molecular complexity index is 443. The Morgan fingerprint density at radius 2 is 2.05 bits per heavy atom. The Kier molecular flexibility index (Phi) is 4.24. The number of nitrogen functional groups attached to an aromatic ring is 1. The fourth-order valence-electron chi connectivity index (χ4n) is 2.60.